The SMILES string of the molecule is OCC[C@H]1CCCCN1c1ncncc1-c1nc(C2CC2)no1. The van der Waals surface area contributed by atoms with Gasteiger partial charge in [-0.25, -0.2) is 9.97 Å². The van der Waals surface area contributed by atoms with Gasteiger partial charge in [-0.1, -0.05) is 5.16 Å². The number of piperidine rings is 1. The fourth-order valence-corrected chi connectivity index (χ4v) is 3.28. The van der Waals surface area contributed by atoms with E-state index in [0.29, 0.717) is 17.9 Å². The minimum absolute atomic E-state index is 0.188. The number of hydrogen-bond acceptors (Lipinski definition) is 7. The summed E-state index contributed by atoms with van der Waals surface area (Å²) in [7, 11) is 0. The Morgan fingerprint density at radius 2 is 2.17 bits per heavy atom. The monoisotopic (exact) mass is 315 g/mol. The Balaban J connectivity index is 1.67. The van der Waals surface area contributed by atoms with Crippen LogP contribution in [0.4, 0.5) is 5.82 Å². The maximum atomic E-state index is 9.34. The first-order chi connectivity index (χ1) is 11.4. The lowest BCUT2D eigenvalue weighted by molar-refractivity contribution is 0.262. The zero-order chi connectivity index (χ0) is 15.6. The van der Waals surface area contributed by atoms with Gasteiger partial charge in [-0.05, 0) is 38.5 Å². The first-order valence-electron chi connectivity index (χ1n) is 8.38. The number of anilines is 1. The van der Waals surface area contributed by atoms with Crippen LogP contribution in [0.1, 0.15) is 50.3 Å². The Hall–Kier alpha value is -2.02. The van der Waals surface area contributed by atoms with E-state index in [4.69, 9.17) is 4.52 Å². The van der Waals surface area contributed by atoms with Crippen molar-refractivity contribution in [1.29, 1.82) is 0 Å². The van der Waals surface area contributed by atoms with Crippen LogP contribution in [0.15, 0.2) is 17.0 Å². The highest BCUT2D eigenvalue weighted by Crippen LogP contribution is 2.39. The summed E-state index contributed by atoms with van der Waals surface area (Å²) in [6.07, 6.45) is 9.72. The van der Waals surface area contributed by atoms with E-state index in [1.807, 2.05) is 0 Å². The first kappa shape index (κ1) is 14.6. The third kappa shape index (κ3) is 2.93. The molecule has 1 saturated heterocycles. The second-order valence-corrected chi connectivity index (χ2v) is 6.35. The topological polar surface area (TPSA) is 88.2 Å². The average Bonchev–Trinajstić information content (AvgIpc) is 3.33. The summed E-state index contributed by atoms with van der Waals surface area (Å²) in [6.45, 7) is 1.12. The molecule has 23 heavy (non-hydrogen) atoms. The highest BCUT2D eigenvalue weighted by Gasteiger charge is 2.31. The van der Waals surface area contributed by atoms with E-state index in [-0.39, 0.29) is 6.61 Å². The summed E-state index contributed by atoms with van der Waals surface area (Å²) in [5.74, 6) is 2.58. The Bertz CT molecular complexity index is 668. The van der Waals surface area contributed by atoms with Gasteiger partial charge in [0.15, 0.2) is 5.82 Å². The highest BCUT2D eigenvalue weighted by atomic mass is 16.5. The van der Waals surface area contributed by atoms with Gasteiger partial charge in [0.2, 0.25) is 0 Å². The quantitative estimate of drug-likeness (QED) is 0.904. The predicted molar refractivity (Wildman–Crippen MR) is 84.0 cm³/mol. The van der Waals surface area contributed by atoms with Gasteiger partial charge >= 0.3 is 0 Å². The van der Waals surface area contributed by atoms with Gasteiger partial charge < -0.3 is 14.5 Å². The normalized spacial score (nSPS) is 21.6. The molecule has 0 spiro atoms. The Kier molecular flexibility index (Phi) is 3.95. The first-order valence-corrected chi connectivity index (χ1v) is 8.38. The molecular formula is C16H21N5O2. The maximum Gasteiger partial charge on any atom is 0.263 e. The van der Waals surface area contributed by atoms with Gasteiger partial charge in [-0.2, -0.15) is 4.98 Å². The van der Waals surface area contributed by atoms with Crippen molar-refractivity contribution in [3.63, 3.8) is 0 Å². The highest BCUT2D eigenvalue weighted by molar-refractivity contribution is 5.69. The van der Waals surface area contributed by atoms with E-state index in [9.17, 15) is 5.11 Å². The molecule has 2 fully saturated rings. The van der Waals surface area contributed by atoms with Crippen molar-refractivity contribution in [2.75, 3.05) is 18.1 Å². The van der Waals surface area contributed by atoms with Crippen LogP contribution in [0.25, 0.3) is 11.5 Å². The molecule has 0 bridgehead atoms. The number of aromatic nitrogens is 4. The van der Waals surface area contributed by atoms with Crippen LogP contribution in [0, 0.1) is 0 Å². The van der Waals surface area contributed by atoms with Crippen molar-refractivity contribution in [3.8, 4) is 11.5 Å². The lowest BCUT2D eigenvalue weighted by Gasteiger charge is -2.37. The van der Waals surface area contributed by atoms with Gasteiger partial charge in [-0.3, -0.25) is 0 Å². The van der Waals surface area contributed by atoms with Crippen LogP contribution < -0.4 is 4.90 Å². The van der Waals surface area contributed by atoms with Gasteiger partial charge in [0, 0.05) is 31.3 Å². The zero-order valence-electron chi connectivity index (χ0n) is 13.1. The van der Waals surface area contributed by atoms with E-state index in [1.54, 1.807) is 12.5 Å². The van der Waals surface area contributed by atoms with Crippen molar-refractivity contribution in [3.05, 3.63) is 18.3 Å². The van der Waals surface area contributed by atoms with Gasteiger partial charge in [0.05, 0.1) is 0 Å². The van der Waals surface area contributed by atoms with Crippen LogP contribution in [0.5, 0.6) is 0 Å². The van der Waals surface area contributed by atoms with Crippen molar-refractivity contribution < 1.29 is 9.63 Å². The molecule has 0 aromatic carbocycles. The van der Waals surface area contributed by atoms with Crippen molar-refractivity contribution in [2.24, 2.45) is 0 Å². The number of rotatable bonds is 5. The van der Waals surface area contributed by atoms with E-state index < -0.39 is 0 Å². The van der Waals surface area contributed by atoms with Gasteiger partial charge in [0.1, 0.15) is 17.7 Å². The molecule has 4 rings (SSSR count). The molecule has 0 unspecified atom stereocenters. The van der Waals surface area contributed by atoms with Gasteiger partial charge in [-0.15, -0.1) is 0 Å². The molecule has 2 aromatic rings. The molecule has 2 aliphatic rings. The maximum absolute atomic E-state index is 9.34. The lowest BCUT2D eigenvalue weighted by Crippen LogP contribution is -2.41. The van der Waals surface area contributed by atoms with Crippen LogP contribution in [-0.2, 0) is 0 Å². The summed E-state index contributed by atoms with van der Waals surface area (Å²) in [6, 6.07) is 0.299. The Morgan fingerprint density at radius 3 is 3.00 bits per heavy atom. The summed E-state index contributed by atoms with van der Waals surface area (Å²) >= 11 is 0. The molecule has 1 aliphatic carbocycles. The molecule has 3 heterocycles. The fraction of sp³-hybridized carbons (Fsp3) is 0.625. The smallest absolute Gasteiger partial charge is 0.263 e. The Morgan fingerprint density at radius 1 is 1.26 bits per heavy atom. The average molecular weight is 315 g/mol. The molecule has 0 radical (unpaired) electrons. The number of nitrogens with zero attached hydrogens (tertiary/aromatic N) is 5. The molecule has 7 heteroatoms. The van der Waals surface area contributed by atoms with Crippen molar-refractivity contribution in [2.45, 2.75) is 50.5 Å². The van der Waals surface area contributed by atoms with Crippen LogP contribution in [-0.4, -0.2) is 44.4 Å². The summed E-state index contributed by atoms with van der Waals surface area (Å²) in [5.41, 5.74) is 0.789. The molecule has 1 atom stereocenters. The van der Waals surface area contributed by atoms with Crippen LogP contribution in [0.3, 0.4) is 0 Å². The van der Waals surface area contributed by atoms with Crippen LogP contribution in [0.2, 0.25) is 0 Å². The molecule has 7 nitrogen and oxygen atoms in total. The minimum Gasteiger partial charge on any atom is -0.396 e. The zero-order valence-corrected chi connectivity index (χ0v) is 13.1. The fourth-order valence-electron chi connectivity index (χ4n) is 3.28. The third-order valence-corrected chi connectivity index (χ3v) is 4.67. The van der Waals surface area contributed by atoms with Crippen molar-refractivity contribution >= 4 is 5.82 Å². The molecule has 1 aliphatic heterocycles. The molecule has 2 aromatic heterocycles. The Labute approximate surface area is 134 Å². The molecule has 1 N–H and O–H groups in total. The molecule has 0 amide bonds. The van der Waals surface area contributed by atoms with Crippen LogP contribution >= 0.6 is 0 Å². The summed E-state index contributed by atoms with van der Waals surface area (Å²) in [5, 5.41) is 13.4. The second-order valence-electron chi connectivity index (χ2n) is 6.35. The standard InChI is InChI=1S/C16H21N5O2/c22-8-6-12-3-1-2-7-21(12)15-13(9-17-10-18-15)16-19-14(20-23-16)11-4-5-11/h9-12,22H,1-8H2/t12-/m1/s1. The van der Waals surface area contributed by atoms with Crippen molar-refractivity contribution in [1.82, 2.24) is 20.1 Å². The van der Waals surface area contributed by atoms with E-state index in [2.05, 4.69) is 25.0 Å². The number of aliphatic hydroxyl groups excluding tert-OH is 1. The number of hydrogen-bond donors (Lipinski definition) is 1. The van der Waals surface area contributed by atoms with E-state index >= 15 is 0 Å². The lowest BCUT2D eigenvalue weighted by atomic mass is 9.99. The second kappa shape index (κ2) is 6.23. The van der Waals surface area contributed by atoms with Gasteiger partial charge in [0.25, 0.3) is 5.89 Å². The largest absolute Gasteiger partial charge is 0.396 e. The molecular weight excluding hydrogens is 294 g/mol. The summed E-state index contributed by atoms with van der Waals surface area (Å²) in [4.78, 5) is 15.4. The third-order valence-electron chi connectivity index (χ3n) is 4.67. The summed E-state index contributed by atoms with van der Waals surface area (Å²) < 4.78 is 5.46. The van der Waals surface area contributed by atoms with E-state index in [0.717, 1.165) is 55.9 Å². The van der Waals surface area contributed by atoms with E-state index in [1.165, 1.54) is 6.42 Å². The molecule has 1 saturated carbocycles. The number of aliphatic hydroxyl groups is 1. The predicted octanol–water partition coefficient (Wildman–Crippen LogP) is 2.15. The molecule has 122 valence electrons. The minimum atomic E-state index is 0.188.